The zero-order valence-corrected chi connectivity index (χ0v) is 26.6. The van der Waals surface area contributed by atoms with Crippen LogP contribution in [0.15, 0.2) is 186 Å². The molecule has 0 unspecified atom stereocenters. The number of benzene rings is 8. The summed E-state index contributed by atoms with van der Waals surface area (Å²) < 4.78 is 9.16. The SMILES string of the molecule is c1ccc(-c2ccc(N(c3cccc(-n4c5ccccc5c5ccccc54)c3)c3cc4ccccc4c4c3oc3ccccc34)cc2)cc1. The van der Waals surface area contributed by atoms with E-state index in [1.54, 1.807) is 0 Å². The van der Waals surface area contributed by atoms with E-state index in [-0.39, 0.29) is 0 Å². The second-order valence-electron chi connectivity index (χ2n) is 12.6. The molecule has 0 saturated carbocycles. The highest BCUT2D eigenvalue weighted by Crippen LogP contribution is 2.46. The monoisotopic (exact) mass is 626 g/mol. The molecule has 230 valence electrons. The Balaban J connectivity index is 1.25. The minimum absolute atomic E-state index is 0.870. The molecular formula is C46H30N2O. The van der Waals surface area contributed by atoms with Crippen LogP contribution in [0.2, 0.25) is 0 Å². The molecule has 0 fully saturated rings. The number of fused-ring (bicyclic) bond motifs is 8. The fraction of sp³-hybridized carbons (Fsp3) is 0. The lowest BCUT2D eigenvalue weighted by Crippen LogP contribution is -2.11. The molecule has 3 nitrogen and oxygen atoms in total. The van der Waals surface area contributed by atoms with Crippen LogP contribution in [-0.4, -0.2) is 4.57 Å². The average molecular weight is 627 g/mol. The van der Waals surface area contributed by atoms with Crippen LogP contribution in [0.25, 0.3) is 71.3 Å². The van der Waals surface area contributed by atoms with E-state index in [2.05, 4.69) is 185 Å². The molecule has 2 aromatic heterocycles. The molecule has 8 aromatic carbocycles. The molecule has 0 N–H and O–H groups in total. The van der Waals surface area contributed by atoms with Crippen LogP contribution < -0.4 is 4.90 Å². The zero-order chi connectivity index (χ0) is 32.3. The fourth-order valence-corrected chi connectivity index (χ4v) is 7.56. The van der Waals surface area contributed by atoms with Crippen molar-refractivity contribution < 1.29 is 4.42 Å². The Bertz CT molecular complexity index is 2770. The van der Waals surface area contributed by atoms with E-state index < -0.39 is 0 Å². The van der Waals surface area contributed by atoms with Gasteiger partial charge in [-0.3, -0.25) is 0 Å². The largest absolute Gasteiger partial charge is 0.454 e. The number of para-hydroxylation sites is 3. The minimum Gasteiger partial charge on any atom is -0.454 e. The summed E-state index contributed by atoms with van der Waals surface area (Å²) in [6.07, 6.45) is 0. The lowest BCUT2D eigenvalue weighted by molar-refractivity contribution is 0.669. The highest BCUT2D eigenvalue weighted by atomic mass is 16.3. The Morgan fingerprint density at radius 1 is 0.429 bits per heavy atom. The van der Waals surface area contributed by atoms with Gasteiger partial charge in [0.05, 0.1) is 16.7 Å². The zero-order valence-electron chi connectivity index (χ0n) is 26.6. The van der Waals surface area contributed by atoms with Gasteiger partial charge < -0.3 is 13.9 Å². The van der Waals surface area contributed by atoms with Crippen molar-refractivity contribution >= 4 is 71.6 Å². The first-order chi connectivity index (χ1) is 24.3. The summed E-state index contributed by atoms with van der Waals surface area (Å²) in [5.41, 5.74) is 10.7. The second kappa shape index (κ2) is 11.0. The van der Waals surface area contributed by atoms with Crippen LogP contribution in [0.4, 0.5) is 17.1 Å². The maximum absolute atomic E-state index is 6.78. The molecule has 10 aromatic rings. The van der Waals surface area contributed by atoms with Crippen LogP contribution >= 0.6 is 0 Å². The molecule has 0 saturated heterocycles. The van der Waals surface area contributed by atoms with Crippen LogP contribution in [0.1, 0.15) is 0 Å². The summed E-state index contributed by atoms with van der Waals surface area (Å²) in [7, 11) is 0. The van der Waals surface area contributed by atoms with Crippen molar-refractivity contribution in [1.82, 2.24) is 4.57 Å². The van der Waals surface area contributed by atoms with Gasteiger partial charge >= 0.3 is 0 Å². The van der Waals surface area contributed by atoms with E-state index in [1.807, 2.05) is 6.07 Å². The predicted molar refractivity (Wildman–Crippen MR) is 206 cm³/mol. The van der Waals surface area contributed by atoms with Crippen LogP contribution in [0, 0.1) is 0 Å². The third-order valence-electron chi connectivity index (χ3n) is 9.75. The lowest BCUT2D eigenvalue weighted by atomic mass is 10.0. The molecular weight excluding hydrogens is 597 g/mol. The molecule has 49 heavy (non-hydrogen) atoms. The van der Waals surface area contributed by atoms with E-state index in [1.165, 1.54) is 43.7 Å². The Morgan fingerprint density at radius 2 is 1.04 bits per heavy atom. The van der Waals surface area contributed by atoms with E-state index >= 15 is 0 Å². The summed E-state index contributed by atoms with van der Waals surface area (Å²) in [5.74, 6) is 0. The number of hydrogen-bond acceptors (Lipinski definition) is 2. The number of rotatable bonds is 5. The van der Waals surface area contributed by atoms with Crippen LogP contribution in [0.3, 0.4) is 0 Å². The van der Waals surface area contributed by atoms with Gasteiger partial charge in [0.1, 0.15) is 5.58 Å². The highest BCUT2D eigenvalue weighted by molar-refractivity contribution is 6.23. The summed E-state index contributed by atoms with van der Waals surface area (Å²) in [5, 5.41) is 7.10. The summed E-state index contributed by atoms with van der Waals surface area (Å²) >= 11 is 0. The molecule has 0 amide bonds. The third kappa shape index (κ3) is 4.37. The van der Waals surface area contributed by atoms with Gasteiger partial charge in [-0.1, -0.05) is 127 Å². The quantitative estimate of drug-likeness (QED) is 0.190. The average Bonchev–Trinajstić information content (AvgIpc) is 3.73. The molecule has 3 heteroatoms. The van der Waals surface area contributed by atoms with Crippen LogP contribution in [0.5, 0.6) is 0 Å². The molecule has 10 rings (SSSR count). The van der Waals surface area contributed by atoms with Crippen molar-refractivity contribution in [3.05, 3.63) is 182 Å². The second-order valence-corrected chi connectivity index (χ2v) is 12.6. The Hall–Kier alpha value is -6.58. The topological polar surface area (TPSA) is 21.3 Å². The van der Waals surface area contributed by atoms with Crippen molar-refractivity contribution in [3.63, 3.8) is 0 Å². The van der Waals surface area contributed by atoms with Crippen LogP contribution in [-0.2, 0) is 0 Å². The van der Waals surface area contributed by atoms with Crippen molar-refractivity contribution in [3.8, 4) is 16.8 Å². The van der Waals surface area contributed by atoms with Crippen molar-refractivity contribution in [2.75, 3.05) is 4.90 Å². The molecule has 0 aliphatic heterocycles. The third-order valence-corrected chi connectivity index (χ3v) is 9.75. The fourth-order valence-electron chi connectivity index (χ4n) is 7.56. The van der Waals surface area contributed by atoms with Gasteiger partial charge in [-0.05, 0) is 76.5 Å². The maximum atomic E-state index is 6.78. The molecule has 0 aliphatic carbocycles. The molecule has 0 bridgehead atoms. The Morgan fingerprint density at radius 3 is 1.80 bits per heavy atom. The van der Waals surface area contributed by atoms with E-state index in [9.17, 15) is 0 Å². The normalized spacial score (nSPS) is 11.7. The molecule has 0 spiro atoms. The summed E-state index contributed by atoms with van der Waals surface area (Å²) in [4.78, 5) is 2.35. The van der Waals surface area contributed by atoms with E-state index in [4.69, 9.17) is 4.42 Å². The van der Waals surface area contributed by atoms with Crippen molar-refractivity contribution in [2.45, 2.75) is 0 Å². The maximum Gasteiger partial charge on any atom is 0.160 e. The Labute approximate surface area is 283 Å². The molecule has 0 aliphatic rings. The first-order valence-electron chi connectivity index (χ1n) is 16.7. The predicted octanol–water partition coefficient (Wildman–Crippen LogP) is 13.0. The van der Waals surface area contributed by atoms with Crippen molar-refractivity contribution in [1.29, 1.82) is 0 Å². The molecule has 0 radical (unpaired) electrons. The number of furan rings is 1. The van der Waals surface area contributed by atoms with Gasteiger partial charge in [-0.15, -0.1) is 0 Å². The number of anilines is 3. The highest BCUT2D eigenvalue weighted by Gasteiger charge is 2.22. The van der Waals surface area contributed by atoms with Gasteiger partial charge in [0, 0.05) is 38.6 Å². The van der Waals surface area contributed by atoms with Gasteiger partial charge in [0.25, 0.3) is 0 Å². The van der Waals surface area contributed by atoms with Crippen molar-refractivity contribution in [2.24, 2.45) is 0 Å². The lowest BCUT2D eigenvalue weighted by Gasteiger charge is -2.27. The summed E-state index contributed by atoms with van der Waals surface area (Å²) in [6, 6.07) is 64.9. The van der Waals surface area contributed by atoms with Gasteiger partial charge in [0.15, 0.2) is 5.58 Å². The number of aromatic nitrogens is 1. The Kier molecular flexibility index (Phi) is 6.18. The summed E-state index contributed by atoms with van der Waals surface area (Å²) in [6.45, 7) is 0. The number of nitrogens with zero attached hydrogens (tertiary/aromatic N) is 2. The van der Waals surface area contributed by atoms with Gasteiger partial charge in [0.2, 0.25) is 0 Å². The standard InChI is InChI=1S/C46H30N2O/c1-2-13-31(14-3-1)32-25-27-34(28-26-32)47(43-29-33-15-4-5-18-37(33)45-40-21-8-11-24-44(40)49-46(43)45)35-16-12-17-36(30-35)48-41-22-9-6-19-38(41)39-20-7-10-23-42(39)48/h1-30H. The minimum atomic E-state index is 0.870. The first-order valence-corrected chi connectivity index (χ1v) is 16.7. The smallest absolute Gasteiger partial charge is 0.160 e. The molecule has 2 heterocycles. The van der Waals surface area contributed by atoms with E-state index in [0.717, 1.165) is 44.7 Å². The molecule has 0 atom stereocenters. The van der Waals surface area contributed by atoms with Gasteiger partial charge in [-0.25, -0.2) is 0 Å². The van der Waals surface area contributed by atoms with E-state index in [0.29, 0.717) is 0 Å². The number of hydrogen-bond donors (Lipinski definition) is 0. The van der Waals surface area contributed by atoms with Gasteiger partial charge in [-0.2, -0.15) is 0 Å². The first kappa shape index (κ1) is 27.5.